The molecule has 1 fully saturated rings. The number of nitrogens with zero attached hydrogens (tertiary/aromatic N) is 2. The van der Waals surface area contributed by atoms with Gasteiger partial charge >= 0.3 is 0 Å². The number of hydrogen-bond acceptors (Lipinski definition) is 2. The molecular weight excluding hydrogens is 280 g/mol. The van der Waals surface area contributed by atoms with E-state index in [0.717, 1.165) is 19.0 Å². The number of hydrogen-bond donors (Lipinski definition) is 0. The van der Waals surface area contributed by atoms with Crippen LogP contribution in [0.2, 0.25) is 0 Å². The average Bonchev–Trinajstić information content (AvgIpc) is 3.32. The minimum atomic E-state index is 0.399. The normalized spacial score (nSPS) is 16.0. The summed E-state index contributed by atoms with van der Waals surface area (Å²) < 4.78 is 0. The van der Waals surface area contributed by atoms with Gasteiger partial charge in [-0.05, 0) is 59.1 Å². The Balaban J connectivity index is 1.98. The summed E-state index contributed by atoms with van der Waals surface area (Å²) in [4.78, 5) is 4.88. The monoisotopic (exact) mass is 312 g/mol. The van der Waals surface area contributed by atoms with Gasteiger partial charge in [0, 0.05) is 18.6 Å². The molecule has 0 aliphatic heterocycles. The summed E-state index contributed by atoms with van der Waals surface area (Å²) in [5.74, 6) is 7.81. The van der Waals surface area contributed by atoms with Crippen molar-refractivity contribution in [2.45, 2.75) is 65.2 Å². The van der Waals surface area contributed by atoms with E-state index >= 15 is 0 Å². The lowest BCUT2D eigenvalue weighted by Gasteiger charge is -2.28. The van der Waals surface area contributed by atoms with E-state index < -0.39 is 0 Å². The van der Waals surface area contributed by atoms with Crippen molar-refractivity contribution in [2.75, 3.05) is 13.6 Å². The van der Waals surface area contributed by atoms with Crippen LogP contribution in [0, 0.1) is 17.8 Å². The van der Waals surface area contributed by atoms with E-state index in [2.05, 4.69) is 86.7 Å². The van der Waals surface area contributed by atoms with Crippen LogP contribution in [-0.4, -0.2) is 41.5 Å². The van der Waals surface area contributed by atoms with Gasteiger partial charge < -0.3 is 0 Å². The van der Waals surface area contributed by atoms with Crippen LogP contribution in [0.1, 0.15) is 46.1 Å². The summed E-state index contributed by atoms with van der Waals surface area (Å²) in [5, 5.41) is 0. The minimum absolute atomic E-state index is 0.399. The Morgan fingerprint density at radius 3 is 2.17 bits per heavy atom. The van der Waals surface area contributed by atoms with Gasteiger partial charge in [-0.3, -0.25) is 9.80 Å². The molecule has 0 bridgehead atoms. The van der Waals surface area contributed by atoms with Gasteiger partial charge in [0.1, 0.15) is 0 Å². The maximum absolute atomic E-state index is 3.58. The Bertz CT molecular complexity index is 512. The van der Waals surface area contributed by atoms with Gasteiger partial charge in [-0.15, -0.1) is 0 Å². The lowest BCUT2D eigenvalue weighted by atomic mass is 10.1. The van der Waals surface area contributed by atoms with E-state index in [-0.39, 0.29) is 0 Å². The van der Waals surface area contributed by atoms with Gasteiger partial charge in [0.25, 0.3) is 0 Å². The maximum Gasteiger partial charge on any atom is 0.0744 e. The van der Waals surface area contributed by atoms with Crippen LogP contribution in [0.5, 0.6) is 0 Å². The topological polar surface area (TPSA) is 6.48 Å². The molecule has 0 N–H and O–H groups in total. The summed E-state index contributed by atoms with van der Waals surface area (Å²) in [6, 6.07) is 12.2. The minimum Gasteiger partial charge on any atom is -0.288 e. The summed E-state index contributed by atoms with van der Waals surface area (Å²) in [5.41, 5.74) is 1.37. The SMILES string of the molecule is CC(C)N(CC#C[C@H](C1CC1)N(C)Cc1ccccc1)C(C)C. The zero-order chi connectivity index (χ0) is 16.8. The molecule has 1 atom stereocenters. The summed E-state index contributed by atoms with van der Waals surface area (Å²) in [7, 11) is 2.22. The molecule has 0 unspecified atom stereocenters. The standard InChI is InChI=1S/C21H32N2/c1-17(2)23(18(3)4)15-9-12-21(20-13-14-20)22(5)16-19-10-7-6-8-11-19/h6-8,10-11,17-18,20-21H,13-16H2,1-5H3/t21-/m1/s1. The fourth-order valence-corrected chi connectivity index (χ4v) is 3.17. The highest BCUT2D eigenvalue weighted by atomic mass is 15.2. The first-order valence-electron chi connectivity index (χ1n) is 8.97. The van der Waals surface area contributed by atoms with Crippen LogP contribution in [-0.2, 0) is 6.54 Å². The molecular formula is C21H32N2. The molecule has 1 aromatic carbocycles. The second kappa shape index (κ2) is 8.52. The van der Waals surface area contributed by atoms with E-state index in [1.165, 1.54) is 18.4 Å². The lowest BCUT2D eigenvalue weighted by Crippen LogP contribution is -2.37. The first-order valence-corrected chi connectivity index (χ1v) is 8.97. The van der Waals surface area contributed by atoms with E-state index in [4.69, 9.17) is 0 Å². The second-order valence-corrected chi connectivity index (χ2v) is 7.36. The molecule has 1 saturated carbocycles. The van der Waals surface area contributed by atoms with Gasteiger partial charge in [-0.2, -0.15) is 0 Å². The van der Waals surface area contributed by atoms with Gasteiger partial charge in [-0.1, -0.05) is 42.2 Å². The quantitative estimate of drug-likeness (QED) is 0.702. The third-order valence-corrected chi connectivity index (χ3v) is 4.66. The fraction of sp³-hybridized carbons (Fsp3) is 0.619. The Hall–Kier alpha value is -1.30. The molecule has 2 heteroatoms. The molecule has 2 rings (SSSR count). The maximum atomic E-state index is 3.58. The largest absolute Gasteiger partial charge is 0.288 e. The van der Waals surface area contributed by atoms with Gasteiger partial charge in [0.2, 0.25) is 0 Å². The van der Waals surface area contributed by atoms with E-state index in [1.807, 2.05) is 0 Å². The molecule has 126 valence electrons. The van der Waals surface area contributed by atoms with Crippen LogP contribution in [0.3, 0.4) is 0 Å². The summed E-state index contributed by atoms with van der Waals surface area (Å²) in [6.45, 7) is 10.9. The molecule has 2 nitrogen and oxygen atoms in total. The highest BCUT2D eigenvalue weighted by Crippen LogP contribution is 2.35. The molecule has 0 aromatic heterocycles. The number of rotatable bonds is 7. The molecule has 1 aromatic rings. The highest BCUT2D eigenvalue weighted by Gasteiger charge is 2.32. The van der Waals surface area contributed by atoms with Crippen LogP contribution < -0.4 is 0 Å². The van der Waals surface area contributed by atoms with Crippen molar-refractivity contribution in [3.63, 3.8) is 0 Å². The van der Waals surface area contributed by atoms with Gasteiger partial charge in [0.05, 0.1) is 12.6 Å². The van der Waals surface area contributed by atoms with Crippen molar-refractivity contribution in [3.8, 4) is 11.8 Å². The van der Waals surface area contributed by atoms with Crippen molar-refractivity contribution >= 4 is 0 Å². The molecule has 0 heterocycles. The van der Waals surface area contributed by atoms with Crippen molar-refractivity contribution in [1.29, 1.82) is 0 Å². The predicted octanol–water partition coefficient (Wildman–Crippen LogP) is 4.02. The molecule has 23 heavy (non-hydrogen) atoms. The van der Waals surface area contributed by atoms with Crippen LogP contribution in [0.4, 0.5) is 0 Å². The first kappa shape index (κ1) is 18.0. The van der Waals surface area contributed by atoms with Crippen LogP contribution >= 0.6 is 0 Å². The number of benzene rings is 1. The Kier molecular flexibility index (Phi) is 6.69. The van der Waals surface area contributed by atoms with Gasteiger partial charge in [0.15, 0.2) is 0 Å². The summed E-state index contributed by atoms with van der Waals surface area (Å²) >= 11 is 0. The smallest absolute Gasteiger partial charge is 0.0744 e. The van der Waals surface area contributed by atoms with Crippen molar-refractivity contribution in [3.05, 3.63) is 35.9 Å². The molecule has 0 spiro atoms. The van der Waals surface area contributed by atoms with Crippen LogP contribution in [0.25, 0.3) is 0 Å². The third-order valence-electron chi connectivity index (χ3n) is 4.66. The molecule has 1 aliphatic rings. The van der Waals surface area contributed by atoms with Crippen molar-refractivity contribution < 1.29 is 0 Å². The average molecular weight is 313 g/mol. The summed E-state index contributed by atoms with van der Waals surface area (Å²) in [6.07, 6.45) is 2.66. The second-order valence-electron chi connectivity index (χ2n) is 7.36. The highest BCUT2D eigenvalue weighted by molar-refractivity contribution is 5.18. The first-order chi connectivity index (χ1) is 11.0. The van der Waals surface area contributed by atoms with Crippen LogP contribution in [0.15, 0.2) is 30.3 Å². The third kappa shape index (κ3) is 5.68. The zero-order valence-electron chi connectivity index (χ0n) is 15.4. The van der Waals surface area contributed by atoms with E-state index in [0.29, 0.717) is 18.1 Å². The predicted molar refractivity (Wildman–Crippen MR) is 99.2 cm³/mol. The Morgan fingerprint density at radius 1 is 1.04 bits per heavy atom. The van der Waals surface area contributed by atoms with E-state index in [9.17, 15) is 0 Å². The molecule has 0 saturated heterocycles. The Morgan fingerprint density at radius 2 is 1.65 bits per heavy atom. The lowest BCUT2D eigenvalue weighted by molar-refractivity contribution is 0.199. The van der Waals surface area contributed by atoms with Crippen molar-refractivity contribution in [1.82, 2.24) is 9.80 Å². The van der Waals surface area contributed by atoms with Crippen molar-refractivity contribution in [2.24, 2.45) is 5.92 Å². The molecule has 1 aliphatic carbocycles. The molecule has 0 radical (unpaired) electrons. The zero-order valence-corrected chi connectivity index (χ0v) is 15.4. The molecule has 0 amide bonds. The Labute approximate surface area is 142 Å². The van der Waals surface area contributed by atoms with Gasteiger partial charge in [-0.25, -0.2) is 0 Å². The van der Waals surface area contributed by atoms with E-state index in [1.54, 1.807) is 0 Å². The fourth-order valence-electron chi connectivity index (χ4n) is 3.17.